The Labute approximate surface area is 210 Å². The Hall–Kier alpha value is -3.80. The lowest BCUT2D eigenvalue weighted by atomic mass is 10.2. The van der Waals surface area contributed by atoms with Gasteiger partial charge in [-0.3, -0.25) is 4.79 Å². The van der Waals surface area contributed by atoms with E-state index in [0.717, 1.165) is 11.4 Å². The summed E-state index contributed by atoms with van der Waals surface area (Å²) in [7, 11) is 0. The zero-order valence-electron chi connectivity index (χ0n) is 19.4. The summed E-state index contributed by atoms with van der Waals surface area (Å²) in [4.78, 5) is 25.9. The highest BCUT2D eigenvalue weighted by molar-refractivity contribution is 7.99. The predicted octanol–water partition coefficient (Wildman–Crippen LogP) is 3.89. The Morgan fingerprint density at radius 2 is 1.81 bits per heavy atom. The molecule has 186 valence electrons. The van der Waals surface area contributed by atoms with Crippen molar-refractivity contribution in [1.29, 1.82) is 0 Å². The maximum atomic E-state index is 13.1. The van der Waals surface area contributed by atoms with Crippen molar-refractivity contribution in [1.82, 2.24) is 29.9 Å². The number of nitrogens with zero attached hydrogens (tertiary/aromatic N) is 7. The van der Waals surface area contributed by atoms with Gasteiger partial charge in [-0.1, -0.05) is 29.1 Å². The lowest BCUT2D eigenvalue weighted by Gasteiger charge is -2.35. The summed E-state index contributed by atoms with van der Waals surface area (Å²) in [5.74, 6) is -1.44. The van der Waals surface area contributed by atoms with Crippen molar-refractivity contribution < 1.29 is 18.3 Å². The monoisotopic (exact) mass is 511 g/mol. The van der Waals surface area contributed by atoms with Gasteiger partial charge in [0.05, 0.1) is 17.9 Å². The number of hydrogen-bond acceptors (Lipinski definition) is 8. The lowest BCUT2D eigenvalue weighted by molar-refractivity contribution is 0.0743. The van der Waals surface area contributed by atoms with Crippen LogP contribution in [0.25, 0.3) is 16.9 Å². The van der Waals surface area contributed by atoms with E-state index in [1.165, 1.54) is 6.33 Å². The molecule has 3 heterocycles. The van der Waals surface area contributed by atoms with Crippen molar-refractivity contribution in [2.75, 3.05) is 37.7 Å². The molecule has 2 aromatic carbocycles. The van der Waals surface area contributed by atoms with Crippen LogP contribution in [0.2, 0.25) is 0 Å². The summed E-state index contributed by atoms with van der Waals surface area (Å²) in [5.41, 5.74) is 2.21. The number of thioether (sulfide) groups is 1. The van der Waals surface area contributed by atoms with Gasteiger partial charge in [-0.05, 0) is 43.3 Å². The van der Waals surface area contributed by atoms with Crippen molar-refractivity contribution in [3.8, 4) is 11.4 Å². The highest BCUT2D eigenvalue weighted by Gasteiger charge is 2.27. The van der Waals surface area contributed by atoms with Crippen LogP contribution in [-0.4, -0.2) is 74.3 Å². The normalized spacial score (nSPS) is 14.0. The fraction of sp³-hybridized carbons (Fsp3) is 0.292. The zero-order chi connectivity index (χ0) is 25.1. The summed E-state index contributed by atoms with van der Waals surface area (Å²) >= 11 is 0.387. The number of carbonyl (C=O) groups excluding carboxylic acids is 1. The van der Waals surface area contributed by atoms with Gasteiger partial charge in [-0.2, -0.15) is 13.5 Å². The molecule has 0 aliphatic carbocycles. The molecular formula is C24H23F2N7O2S. The first-order valence-corrected chi connectivity index (χ1v) is 12.3. The van der Waals surface area contributed by atoms with Crippen LogP contribution in [-0.2, 0) is 0 Å². The molecule has 1 saturated heterocycles. The quantitative estimate of drug-likeness (QED) is 0.346. The Bertz CT molecular complexity index is 1360. The zero-order valence-corrected chi connectivity index (χ0v) is 20.2. The number of hydrogen-bond donors (Lipinski definition) is 0. The van der Waals surface area contributed by atoms with E-state index >= 15 is 0 Å². The molecule has 0 saturated carbocycles. The van der Waals surface area contributed by atoms with Crippen molar-refractivity contribution in [2.45, 2.75) is 17.6 Å². The number of benzene rings is 2. The van der Waals surface area contributed by atoms with Gasteiger partial charge in [-0.15, -0.1) is 5.10 Å². The van der Waals surface area contributed by atoms with E-state index in [2.05, 4.69) is 20.3 Å². The van der Waals surface area contributed by atoms with E-state index in [9.17, 15) is 13.6 Å². The van der Waals surface area contributed by atoms with Crippen LogP contribution < -0.4 is 9.64 Å². The number of fused-ring (bicyclic) bond motifs is 1. The Morgan fingerprint density at radius 3 is 2.53 bits per heavy atom. The average Bonchev–Trinajstić information content (AvgIpc) is 3.33. The Kier molecular flexibility index (Phi) is 6.94. The molecule has 5 rings (SSSR count). The number of aromatic nitrogens is 5. The number of piperazine rings is 1. The second-order valence-corrected chi connectivity index (χ2v) is 8.98. The topological polar surface area (TPSA) is 89.3 Å². The molecule has 0 atom stereocenters. The second-order valence-electron chi connectivity index (χ2n) is 7.95. The van der Waals surface area contributed by atoms with Gasteiger partial charge in [0.15, 0.2) is 17.0 Å². The SMILES string of the molecule is CCOc1ccc(-n2nnc3c(N4CCN(C(=O)c5ccccc5SC(F)F)CC4)ncnc32)cc1. The minimum absolute atomic E-state index is 0.257. The van der Waals surface area contributed by atoms with Gasteiger partial charge in [-0.25, -0.2) is 9.97 Å². The fourth-order valence-electron chi connectivity index (χ4n) is 4.13. The summed E-state index contributed by atoms with van der Waals surface area (Å²) in [5, 5.41) is 8.61. The molecule has 1 aliphatic heterocycles. The van der Waals surface area contributed by atoms with Crippen molar-refractivity contribution in [3.63, 3.8) is 0 Å². The lowest BCUT2D eigenvalue weighted by Crippen LogP contribution is -2.49. The molecule has 9 nitrogen and oxygen atoms in total. The van der Waals surface area contributed by atoms with Crippen LogP contribution >= 0.6 is 11.8 Å². The first-order valence-electron chi connectivity index (χ1n) is 11.4. The first-order chi connectivity index (χ1) is 17.5. The van der Waals surface area contributed by atoms with Gasteiger partial charge < -0.3 is 14.5 Å². The van der Waals surface area contributed by atoms with Gasteiger partial charge in [0.25, 0.3) is 11.7 Å². The van der Waals surface area contributed by atoms with Crippen LogP contribution in [0.1, 0.15) is 17.3 Å². The third-order valence-corrected chi connectivity index (χ3v) is 6.60. The molecule has 0 bridgehead atoms. The molecule has 1 amide bonds. The molecule has 36 heavy (non-hydrogen) atoms. The predicted molar refractivity (Wildman–Crippen MR) is 132 cm³/mol. The van der Waals surface area contributed by atoms with Crippen LogP contribution in [0.4, 0.5) is 14.6 Å². The van der Waals surface area contributed by atoms with Crippen molar-refractivity contribution >= 4 is 34.7 Å². The molecule has 0 unspecified atom stereocenters. The van der Waals surface area contributed by atoms with Gasteiger partial charge >= 0.3 is 0 Å². The minimum atomic E-state index is -2.59. The third-order valence-electron chi connectivity index (χ3n) is 5.81. The highest BCUT2D eigenvalue weighted by Crippen LogP contribution is 2.30. The Morgan fingerprint density at radius 1 is 1.06 bits per heavy atom. The maximum absolute atomic E-state index is 13.1. The summed E-state index contributed by atoms with van der Waals surface area (Å²) in [6, 6.07) is 14.0. The standard InChI is InChI=1S/C24H23F2N7O2S/c1-2-35-17-9-7-16(8-10-17)33-22-20(29-30-33)21(27-15-28-22)31-11-13-32(14-12-31)23(34)18-5-3-4-6-19(18)36-24(25)26/h3-10,15,24H,2,11-14H2,1H3. The Balaban J connectivity index is 1.32. The van der Waals surface area contributed by atoms with E-state index in [1.807, 2.05) is 36.1 Å². The molecule has 1 aliphatic rings. The van der Waals surface area contributed by atoms with Crippen LogP contribution in [0.5, 0.6) is 5.75 Å². The average molecular weight is 512 g/mol. The van der Waals surface area contributed by atoms with E-state index in [-0.39, 0.29) is 10.8 Å². The van der Waals surface area contributed by atoms with Crippen molar-refractivity contribution in [3.05, 3.63) is 60.4 Å². The molecule has 1 fully saturated rings. The first kappa shape index (κ1) is 23.9. The number of amides is 1. The minimum Gasteiger partial charge on any atom is -0.494 e. The second kappa shape index (κ2) is 10.4. The smallest absolute Gasteiger partial charge is 0.288 e. The fourth-order valence-corrected chi connectivity index (χ4v) is 4.76. The van der Waals surface area contributed by atoms with E-state index in [4.69, 9.17) is 4.74 Å². The van der Waals surface area contributed by atoms with Gasteiger partial charge in [0, 0.05) is 31.1 Å². The molecule has 2 aromatic heterocycles. The highest BCUT2D eigenvalue weighted by atomic mass is 32.2. The number of anilines is 1. The summed E-state index contributed by atoms with van der Waals surface area (Å²) < 4.78 is 33.0. The number of carbonyl (C=O) groups is 1. The van der Waals surface area contributed by atoms with Gasteiger partial charge in [0.2, 0.25) is 0 Å². The number of halogens is 2. The third kappa shape index (κ3) is 4.81. The summed E-state index contributed by atoms with van der Waals surface area (Å²) in [6.07, 6.45) is 1.47. The van der Waals surface area contributed by atoms with E-state index in [0.29, 0.717) is 67.1 Å². The van der Waals surface area contributed by atoms with Crippen molar-refractivity contribution in [2.24, 2.45) is 0 Å². The van der Waals surface area contributed by atoms with Crippen LogP contribution in [0.3, 0.4) is 0 Å². The number of rotatable bonds is 7. The maximum Gasteiger partial charge on any atom is 0.288 e. The molecule has 0 N–H and O–H groups in total. The number of ether oxygens (including phenoxy) is 1. The van der Waals surface area contributed by atoms with E-state index in [1.54, 1.807) is 33.8 Å². The molecule has 4 aromatic rings. The van der Waals surface area contributed by atoms with Crippen LogP contribution in [0.15, 0.2) is 59.8 Å². The van der Waals surface area contributed by atoms with E-state index < -0.39 is 5.76 Å². The molecule has 12 heteroatoms. The largest absolute Gasteiger partial charge is 0.494 e. The van der Waals surface area contributed by atoms with Gasteiger partial charge in [0.1, 0.15) is 12.1 Å². The number of alkyl halides is 2. The molecular weight excluding hydrogens is 488 g/mol. The van der Waals surface area contributed by atoms with Crippen LogP contribution in [0, 0.1) is 0 Å². The summed E-state index contributed by atoms with van der Waals surface area (Å²) in [6.45, 7) is 4.38. The molecule has 0 radical (unpaired) electrons. The molecule has 0 spiro atoms.